The van der Waals surface area contributed by atoms with Crippen LogP contribution in [0.2, 0.25) is 0 Å². The van der Waals surface area contributed by atoms with Crippen LogP contribution in [0.5, 0.6) is 0 Å². The third-order valence-electron chi connectivity index (χ3n) is 1.92. The number of aliphatic hydroxyl groups excluding tert-OH is 2. The number of rotatable bonds is 5. The first-order valence-corrected chi connectivity index (χ1v) is 6.17. The minimum absolute atomic E-state index is 0.0521. The Bertz CT molecular complexity index is 358. The van der Waals surface area contributed by atoms with E-state index in [9.17, 15) is 9.32 Å². The van der Waals surface area contributed by atoms with Crippen LogP contribution in [-0.2, 0) is 11.0 Å². The third kappa shape index (κ3) is 3.44. The number of nitrogens with zero attached hydrogens (tertiary/aromatic N) is 2. The van der Waals surface area contributed by atoms with Crippen LogP contribution in [0.4, 0.5) is 11.5 Å². The molecule has 2 unspecified atom stereocenters. The summed E-state index contributed by atoms with van der Waals surface area (Å²) in [6.07, 6.45) is 1.96. The second kappa shape index (κ2) is 5.78. The maximum atomic E-state index is 11.5. The van der Waals surface area contributed by atoms with Crippen LogP contribution in [0.15, 0.2) is 18.3 Å². The molecule has 1 heterocycles. The number of hydrogen-bond donors (Lipinski definition) is 3. The monoisotopic (exact) mass is 245 g/mol. The van der Waals surface area contributed by atoms with Gasteiger partial charge >= 0.3 is 0 Å². The lowest BCUT2D eigenvalue weighted by atomic mass is 10.3. The van der Waals surface area contributed by atoms with E-state index in [1.807, 2.05) is 0 Å². The molecular weight excluding hydrogens is 230 g/mol. The fraction of sp³-hybridized carbons (Fsp3) is 0.444. The van der Waals surface area contributed by atoms with E-state index in [1.54, 1.807) is 12.1 Å². The molecule has 0 radical (unpaired) electrons. The molecule has 0 fully saturated rings. The molecule has 4 N–H and O–H groups in total. The van der Waals surface area contributed by atoms with Crippen LogP contribution in [0.1, 0.15) is 0 Å². The van der Waals surface area contributed by atoms with Crippen molar-refractivity contribution in [3.05, 3.63) is 18.3 Å². The normalized spacial score (nSPS) is 14.4. The Balaban J connectivity index is 2.85. The molecule has 1 rings (SSSR count). The van der Waals surface area contributed by atoms with Crippen molar-refractivity contribution in [2.45, 2.75) is 6.10 Å². The second-order valence-corrected chi connectivity index (χ2v) is 4.56. The molecule has 1 aromatic rings. The van der Waals surface area contributed by atoms with Crippen LogP contribution in [0.3, 0.4) is 0 Å². The van der Waals surface area contributed by atoms with Crippen LogP contribution < -0.4 is 10.0 Å². The Kier molecular flexibility index (Phi) is 4.66. The summed E-state index contributed by atoms with van der Waals surface area (Å²) < 4.78 is 12.8. The molecule has 1 aromatic heterocycles. The number of hydrogen-bond acceptors (Lipinski definition) is 5. The van der Waals surface area contributed by atoms with Gasteiger partial charge in [0.25, 0.3) is 0 Å². The van der Waals surface area contributed by atoms with Gasteiger partial charge in [-0.3, -0.25) is 4.31 Å². The van der Waals surface area contributed by atoms with Crippen molar-refractivity contribution < 1.29 is 14.4 Å². The molecule has 0 aromatic carbocycles. The summed E-state index contributed by atoms with van der Waals surface area (Å²) in [5.74, 6) is 0.447. The Hall–Kier alpha value is -1.18. The van der Waals surface area contributed by atoms with Crippen LogP contribution in [0.25, 0.3) is 0 Å². The van der Waals surface area contributed by atoms with Crippen molar-refractivity contribution in [1.29, 1.82) is 0 Å². The molecule has 7 heteroatoms. The van der Waals surface area contributed by atoms with Crippen LogP contribution >= 0.6 is 0 Å². The molecule has 0 saturated carbocycles. The predicted molar refractivity (Wildman–Crippen MR) is 63.2 cm³/mol. The molecule has 90 valence electrons. The molecule has 16 heavy (non-hydrogen) atoms. The van der Waals surface area contributed by atoms with Gasteiger partial charge in [-0.15, -0.1) is 0 Å². The van der Waals surface area contributed by atoms with Crippen molar-refractivity contribution in [2.24, 2.45) is 0 Å². The maximum Gasteiger partial charge on any atom is 0.140 e. The highest BCUT2D eigenvalue weighted by Gasteiger charge is 2.15. The summed E-state index contributed by atoms with van der Waals surface area (Å²) in [6.45, 7) is -0.334. The highest BCUT2D eigenvalue weighted by Crippen LogP contribution is 2.14. The molecule has 0 bridgehead atoms. The maximum absolute atomic E-state index is 11.5. The SMILES string of the molecule is CS(=O)N(CC(O)CO)c1ccc(N)cn1. The van der Waals surface area contributed by atoms with E-state index in [-0.39, 0.29) is 13.2 Å². The van der Waals surface area contributed by atoms with Gasteiger partial charge in [0.15, 0.2) is 0 Å². The molecule has 0 aliphatic carbocycles. The number of nitrogen functional groups attached to an aromatic ring is 1. The van der Waals surface area contributed by atoms with E-state index in [1.165, 1.54) is 16.8 Å². The van der Waals surface area contributed by atoms with Crippen molar-refractivity contribution in [3.8, 4) is 0 Å². The average molecular weight is 245 g/mol. The zero-order chi connectivity index (χ0) is 12.1. The Morgan fingerprint density at radius 3 is 2.75 bits per heavy atom. The van der Waals surface area contributed by atoms with Gasteiger partial charge in [-0.2, -0.15) is 0 Å². The van der Waals surface area contributed by atoms with E-state index >= 15 is 0 Å². The third-order valence-corrected chi connectivity index (χ3v) is 2.88. The minimum atomic E-state index is -1.32. The summed E-state index contributed by atoms with van der Waals surface area (Å²) in [5, 5.41) is 18.1. The molecule has 0 aliphatic heterocycles. The van der Waals surface area contributed by atoms with Crippen LogP contribution in [-0.4, -0.2) is 44.9 Å². The lowest BCUT2D eigenvalue weighted by molar-refractivity contribution is 0.103. The van der Waals surface area contributed by atoms with Gasteiger partial charge < -0.3 is 15.9 Å². The minimum Gasteiger partial charge on any atom is -0.397 e. The lowest BCUT2D eigenvalue weighted by Gasteiger charge is -2.22. The summed E-state index contributed by atoms with van der Waals surface area (Å²) in [6, 6.07) is 3.24. The first-order valence-electron chi connectivity index (χ1n) is 4.66. The van der Waals surface area contributed by atoms with Gasteiger partial charge in [0.1, 0.15) is 16.8 Å². The Morgan fingerprint density at radius 1 is 1.62 bits per heavy atom. The van der Waals surface area contributed by atoms with Gasteiger partial charge in [0.05, 0.1) is 31.1 Å². The van der Waals surface area contributed by atoms with E-state index < -0.39 is 17.1 Å². The first kappa shape index (κ1) is 12.9. The summed E-state index contributed by atoms with van der Waals surface area (Å²) in [7, 11) is -1.32. The molecular formula is C9H15N3O3S. The molecule has 2 atom stereocenters. The topological polar surface area (TPSA) is 99.7 Å². The van der Waals surface area contributed by atoms with E-state index in [2.05, 4.69) is 4.98 Å². The predicted octanol–water partition coefficient (Wildman–Crippen LogP) is -0.883. The zero-order valence-corrected chi connectivity index (χ0v) is 9.72. The van der Waals surface area contributed by atoms with E-state index in [0.29, 0.717) is 11.5 Å². The van der Waals surface area contributed by atoms with E-state index in [4.69, 9.17) is 10.8 Å². The number of aromatic nitrogens is 1. The average Bonchev–Trinajstić information content (AvgIpc) is 2.26. The van der Waals surface area contributed by atoms with Crippen molar-refractivity contribution in [3.63, 3.8) is 0 Å². The number of anilines is 2. The van der Waals surface area contributed by atoms with E-state index in [0.717, 1.165) is 0 Å². The van der Waals surface area contributed by atoms with Gasteiger partial charge in [0, 0.05) is 6.26 Å². The Morgan fingerprint density at radius 2 is 2.31 bits per heavy atom. The number of nitrogens with two attached hydrogens (primary N) is 1. The highest BCUT2D eigenvalue weighted by atomic mass is 32.2. The molecule has 6 nitrogen and oxygen atoms in total. The quantitative estimate of drug-likeness (QED) is 0.625. The van der Waals surface area contributed by atoms with Crippen molar-refractivity contribution in [1.82, 2.24) is 4.98 Å². The Labute approximate surface area is 96.3 Å². The zero-order valence-electron chi connectivity index (χ0n) is 8.91. The summed E-state index contributed by atoms with van der Waals surface area (Å²) in [4.78, 5) is 4.00. The second-order valence-electron chi connectivity index (χ2n) is 3.27. The fourth-order valence-corrected chi connectivity index (χ4v) is 1.88. The van der Waals surface area contributed by atoms with Gasteiger partial charge in [-0.05, 0) is 12.1 Å². The van der Waals surface area contributed by atoms with Gasteiger partial charge in [0.2, 0.25) is 0 Å². The molecule has 0 aliphatic rings. The molecule has 0 saturated heterocycles. The lowest BCUT2D eigenvalue weighted by Crippen LogP contribution is -2.35. The van der Waals surface area contributed by atoms with Crippen molar-refractivity contribution >= 4 is 22.5 Å². The number of aliphatic hydroxyl groups is 2. The first-order chi connectivity index (χ1) is 7.54. The smallest absolute Gasteiger partial charge is 0.140 e. The summed E-state index contributed by atoms with van der Waals surface area (Å²) in [5.41, 5.74) is 5.99. The largest absolute Gasteiger partial charge is 0.397 e. The van der Waals surface area contributed by atoms with Crippen molar-refractivity contribution in [2.75, 3.05) is 29.4 Å². The van der Waals surface area contributed by atoms with Gasteiger partial charge in [-0.25, -0.2) is 9.19 Å². The summed E-state index contributed by atoms with van der Waals surface area (Å²) >= 11 is 0. The number of pyridine rings is 1. The molecule has 0 amide bonds. The highest BCUT2D eigenvalue weighted by molar-refractivity contribution is 7.85. The molecule has 0 spiro atoms. The standard InChI is InChI=1S/C9H15N3O3S/c1-16(15)12(5-8(14)6-13)9-3-2-7(10)4-11-9/h2-4,8,13-14H,5-6,10H2,1H3. The fourth-order valence-electron chi connectivity index (χ4n) is 1.12. The van der Waals surface area contributed by atoms with Crippen LogP contribution in [0, 0.1) is 0 Å². The van der Waals surface area contributed by atoms with Gasteiger partial charge in [-0.1, -0.05) is 0 Å².